The van der Waals surface area contributed by atoms with Crippen molar-refractivity contribution in [1.82, 2.24) is 14.6 Å². The van der Waals surface area contributed by atoms with E-state index in [1.165, 1.54) is 20.0 Å². The molecule has 0 fully saturated rings. The van der Waals surface area contributed by atoms with Crippen molar-refractivity contribution in [3.05, 3.63) is 58.6 Å². The zero-order valence-electron chi connectivity index (χ0n) is 19.6. The number of carbonyl (C=O) groups excluding carboxylic acids is 1. The van der Waals surface area contributed by atoms with Crippen molar-refractivity contribution in [2.24, 2.45) is 0 Å². The van der Waals surface area contributed by atoms with Crippen LogP contribution in [0, 0.1) is 6.92 Å². The molecule has 32 heavy (non-hydrogen) atoms. The van der Waals surface area contributed by atoms with Gasteiger partial charge in [-0.3, -0.25) is 0 Å². The first-order valence-electron chi connectivity index (χ1n) is 11.0. The van der Waals surface area contributed by atoms with E-state index in [1.807, 2.05) is 33.8 Å². The Bertz CT molecular complexity index is 1080. The maximum absolute atomic E-state index is 12.6. The minimum absolute atomic E-state index is 0.284. The highest BCUT2D eigenvalue weighted by molar-refractivity contribution is 6.30. The summed E-state index contributed by atoms with van der Waals surface area (Å²) >= 11 is 6.77. The lowest BCUT2D eigenvalue weighted by Gasteiger charge is -2.27. The Morgan fingerprint density at radius 1 is 1.25 bits per heavy atom. The van der Waals surface area contributed by atoms with Crippen molar-refractivity contribution >= 4 is 28.8 Å². The molecule has 1 aliphatic carbocycles. The molecule has 6 nitrogen and oxygen atoms in total. The van der Waals surface area contributed by atoms with Gasteiger partial charge in [-0.1, -0.05) is 48.4 Å². The molecule has 0 radical (unpaired) electrons. The van der Waals surface area contributed by atoms with Gasteiger partial charge >= 0.3 is 5.97 Å². The van der Waals surface area contributed by atoms with Gasteiger partial charge in [-0.2, -0.15) is 5.10 Å². The van der Waals surface area contributed by atoms with E-state index in [4.69, 9.17) is 26.2 Å². The number of aryl methyl sites for hydroxylation is 1. The van der Waals surface area contributed by atoms with Crippen molar-refractivity contribution in [3.8, 4) is 0 Å². The van der Waals surface area contributed by atoms with E-state index in [0.29, 0.717) is 16.9 Å². The molecular weight excluding hydrogens is 426 g/mol. The first-order chi connectivity index (χ1) is 15.1. The van der Waals surface area contributed by atoms with Gasteiger partial charge in [0.2, 0.25) is 0 Å². The average Bonchev–Trinajstić information content (AvgIpc) is 3.14. The van der Waals surface area contributed by atoms with Crippen LogP contribution in [-0.2, 0) is 14.3 Å². The van der Waals surface area contributed by atoms with Gasteiger partial charge in [-0.15, -0.1) is 0 Å². The summed E-state index contributed by atoms with van der Waals surface area (Å²) in [5.74, 6) is -0.532. The Hall–Kier alpha value is -2.44. The normalized spacial score (nSPS) is 19.3. The van der Waals surface area contributed by atoms with Crippen LogP contribution in [0.5, 0.6) is 0 Å². The Morgan fingerprint density at radius 3 is 2.69 bits per heavy atom. The van der Waals surface area contributed by atoms with Gasteiger partial charge < -0.3 is 9.47 Å². The number of nitrogens with zero attached hydrogens (tertiary/aromatic N) is 3. The lowest BCUT2D eigenvalue weighted by molar-refractivity contribution is -0.164. The van der Waals surface area contributed by atoms with Gasteiger partial charge in [0.25, 0.3) is 0 Å². The number of carbonyl (C=O) groups is 1. The minimum atomic E-state index is -1.01. The molecule has 0 unspecified atom stereocenters. The molecule has 2 aromatic rings. The zero-order valence-corrected chi connectivity index (χ0v) is 20.3. The second-order valence-corrected chi connectivity index (χ2v) is 9.44. The van der Waals surface area contributed by atoms with Crippen molar-refractivity contribution < 1.29 is 14.3 Å². The summed E-state index contributed by atoms with van der Waals surface area (Å²) < 4.78 is 12.6. The smallest absolute Gasteiger partial charge is 0.339 e. The fourth-order valence-electron chi connectivity index (χ4n) is 3.69. The summed E-state index contributed by atoms with van der Waals surface area (Å²) in [7, 11) is 1.33. The second kappa shape index (κ2) is 10.0. The third kappa shape index (κ3) is 5.67. The molecule has 0 spiro atoms. The van der Waals surface area contributed by atoms with E-state index in [0.717, 1.165) is 36.1 Å². The maximum atomic E-state index is 12.6. The lowest BCUT2D eigenvalue weighted by Crippen LogP contribution is -2.29. The number of methoxy groups -OCH3 is 1. The predicted molar refractivity (Wildman–Crippen MR) is 128 cm³/mol. The summed E-state index contributed by atoms with van der Waals surface area (Å²) in [4.78, 5) is 17.2. The maximum Gasteiger partial charge on any atom is 0.339 e. The van der Waals surface area contributed by atoms with E-state index in [2.05, 4.69) is 29.8 Å². The molecule has 2 heterocycles. The van der Waals surface area contributed by atoms with Crippen LogP contribution in [0.15, 0.2) is 36.4 Å². The third-order valence-corrected chi connectivity index (χ3v) is 5.64. The summed E-state index contributed by atoms with van der Waals surface area (Å²) in [5.41, 5.74) is 3.95. The highest BCUT2D eigenvalue weighted by Crippen LogP contribution is 2.33. The van der Waals surface area contributed by atoms with Gasteiger partial charge in [-0.05, 0) is 59.0 Å². The second-order valence-electron chi connectivity index (χ2n) is 9.09. The molecule has 7 heteroatoms. The SMILES string of the molecule is C=C1/C=C\C(c2cc3nc(C)c([C@H](OC(C)(C)C)C(=O)OC)c(Cl)n3n2)=C/CCCCC1. The Labute approximate surface area is 195 Å². The number of esters is 1. The molecular formula is C25H32ClN3O3. The standard InChI is InChI=1S/C25H32ClN3O3/c1-16-11-9-7-8-10-12-18(14-13-16)19-15-20-27-17(2)21(23(26)29(20)28-19)22(24(30)31-6)32-25(3,4)5/h12-15,22H,1,7-11H2,2-6H3/b14-13-,18-12+/t22-/m0/s1. The number of rotatable bonds is 4. The number of fused-ring (bicyclic) bond motifs is 1. The van der Waals surface area contributed by atoms with E-state index in [9.17, 15) is 4.79 Å². The highest BCUT2D eigenvalue weighted by Gasteiger charge is 2.33. The number of hydrogen-bond donors (Lipinski definition) is 0. The van der Waals surface area contributed by atoms with Gasteiger partial charge in [0.05, 0.1) is 24.0 Å². The quantitative estimate of drug-likeness (QED) is 0.405. The topological polar surface area (TPSA) is 65.7 Å². The van der Waals surface area contributed by atoms with Crippen LogP contribution in [0.3, 0.4) is 0 Å². The van der Waals surface area contributed by atoms with Gasteiger partial charge in [-0.25, -0.2) is 14.3 Å². The predicted octanol–water partition coefficient (Wildman–Crippen LogP) is 6.18. The molecule has 172 valence electrons. The molecule has 0 bridgehead atoms. The van der Waals surface area contributed by atoms with E-state index < -0.39 is 17.7 Å². The lowest BCUT2D eigenvalue weighted by atomic mass is 10.0. The summed E-state index contributed by atoms with van der Waals surface area (Å²) in [5, 5.41) is 5.00. The van der Waals surface area contributed by atoms with Crippen LogP contribution < -0.4 is 0 Å². The van der Waals surface area contributed by atoms with E-state index >= 15 is 0 Å². The van der Waals surface area contributed by atoms with E-state index in [-0.39, 0.29) is 5.15 Å². The molecule has 1 aliphatic rings. The number of hydrogen-bond acceptors (Lipinski definition) is 5. The van der Waals surface area contributed by atoms with Gasteiger partial charge in [0.1, 0.15) is 5.15 Å². The molecule has 0 aromatic carbocycles. The Morgan fingerprint density at radius 2 is 2.00 bits per heavy atom. The van der Waals surface area contributed by atoms with Crippen LogP contribution in [-0.4, -0.2) is 33.3 Å². The van der Waals surface area contributed by atoms with Crippen LogP contribution in [0.2, 0.25) is 5.15 Å². The molecule has 0 amide bonds. The van der Waals surface area contributed by atoms with Crippen LogP contribution >= 0.6 is 11.6 Å². The number of ether oxygens (including phenoxy) is 2. The van der Waals surface area contributed by atoms with Crippen molar-refractivity contribution in [2.75, 3.05) is 7.11 Å². The first-order valence-corrected chi connectivity index (χ1v) is 11.4. The molecule has 0 aliphatic heterocycles. The van der Waals surface area contributed by atoms with Crippen molar-refractivity contribution in [3.63, 3.8) is 0 Å². The summed E-state index contributed by atoms with van der Waals surface area (Å²) in [6, 6.07) is 1.91. The van der Waals surface area contributed by atoms with Crippen LogP contribution in [0.25, 0.3) is 11.2 Å². The fourth-order valence-corrected chi connectivity index (χ4v) is 4.06. The van der Waals surface area contributed by atoms with Gasteiger partial charge in [0, 0.05) is 11.8 Å². The Balaban J connectivity index is 2.09. The molecule has 0 saturated carbocycles. The van der Waals surface area contributed by atoms with Gasteiger partial charge in [0.15, 0.2) is 11.8 Å². The summed E-state index contributed by atoms with van der Waals surface area (Å²) in [6.45, 7) is 11.6. The average molecular weight is 458 g/mol. The molecule has 0 saturated heterocycles. The monoisotopic (exact) mass is 457 g/mol. The van der Waals surface area contributed by atoms with Crippen LogP contribution in [0.4, 0.5) is 0 Å². The first kappa shape index (κ1) is 24.2. The molecule has 1 atom stereocenters. The molecule has 0 N–H and O–H groups in total. The minimum Gasteiger partial charge on any atom is -0.467 e. The van der Waals surface area contributed by atoms with Crippen molar-refractivity contribution in [2.45, 2.75) is 71.5 Å². The van der Waals surface area contributed by atoms with E-state index in [1.54, 1.807) is 4.52 Å². The Kier molecular flexibility index (Phi) is 7.57. The molecule has 3 rings (SSSR count). The number of halogens is 1. The fraction of sp³-hybridized carbons (Fsp3) is 0.480. The third-order valence-electron chi connectivity index (χ3n) is 5.28. The number of allylic oxidation sites excluding steroid dienone is 5. The summed E-state index contributed by atoms with van der Waals surface area (Å²) in [6.07, 6.45) is 10.8. The highest BCUT2D eigenvalue weighted by atomic mass is 35.5. The van der Waals surface area contributed by atoms with Crippen molar-refractivity contribution in [1.29, 1.82) is 0 Å². The largest absolute Gasteiger partial charge is 0.467 e. The molecule has 2 aromatic heterocycles. The number of aromatic nitrogens is 3. The van der Waals surface area contributed by atoms with Crippen LogP contribution in [0.1, 0.15) is 75.9 Å². The zero-order chi connectivity index (χ0) is 23.5.